The molecule has 3 heterocycles. The zero-order valence-corrected chi connectivity index (χ0v) is 23.0. The molecule has 2 aliphatic heterocycles. The van der Waals surface area contributed by atoms with Gasteiger partial charge in [-0.2, -0.15) is 0 Å². The number of nitrogens with zero attached hydrogens (tertiary/aromatic N) is 6. The van der Waals surface area contributed by atoms with E-state index in [0.29, 0.717) is 4.91 Å². The smallest absolute Gasteiger partial charge is 0.352 e. The number of amides is 2. The standard InChI is InChI=1S/C15H14N8O5S2.C5H10O2.ClH/c1-5-6(3-18-22-17)10(14(26)27)23-12(25)9(13(23)30-5)20-11(24)8(21-28-2)7-4-29-15(16)19-7;1-5(2,3)4(6)7;/h4,9,13H,1,3H2,2H3,(H2,16,19)(H,20,24)(H,26,27);1-3H3,(H,6,7);1H/b21-8-;;/t9-,13-;;/m1../s1. The molecular formula is C20H25ClN8O7S2. The van der Waals surface area contributed by atoms with Gasteiger partial charge in [0.15, 0.2) is 10.8 Å². The number of thiazole rings is 1. The third-order valence-corrected chi connectivity index (χ3v) is 6.68. The van der Waals surface area contributed by atoms with Crippen molar-refractivity contribution in [1.29, 1.82) is 0 Å². The minimum absolute atomic E-state index is 0. The van der Waals surface area contributed by atoms with Gasteiger partial charge in [-0.05, 0) is 26.3 Å². The molecule has 0 spiro atoms. The molecule has 0 bridgehead atoms. The van der Waals surface area contributed by atoms with E-state index < -0.39 is 40.6 Å². The number of nitrogens with two attached hydrogens (primary N) is 1. The van der Waals surface area contributed by atoms with E-state index in [-0.39, 0.29) is 46.8 Å². The van der Waals surface area contributed by atoms with Crippen LogP contribution in [-0.2, 0) is 24.0 Å². The minimum Gasteiger partial charge on any atom is -0.481 e. The van der Waals surface area contributed by atoms with Crippen molar-refractivity contribution < 1.29 is 34.2 Å². The highest BCUT2D eigenvalue weighted by molar-refractivity contribution is 8.04. The average Bonchev–Trinajstić information content (AvgIpc) is 3.24. The number of halogens is 1. The second-order valence-electron chi connectivity index (χ2n) is 8.36. The maximum Gasteiger partial charge on any atom is 0.352 e. The lowest BCUT2D eigenvalue weighted by Crippen LogP contribution is -2.71. The largest absolute Gasteiger partial charge is 0.481 e. The fourth-order valence-corrected chi connectivity index (χ4v) is 4.63. The third-order valence-electron chi connectivity index (χ3n) is 4.75. The number of carboxylic acids is 2. The monoisotopic (exact) mass is 588 g/mol. The van der Waals surface area contributed by atoms with Gasteiger partial charge in [0, 0.05) is 20.8 Å². The van der Waals surface area contributed by atoms with E-state index >= 15 is 0 Å². The van der Waals surface area contributed by atoms with Gasteiger partial charge in [0.25, 0.3) is 11.8 Å². The summed E-state index contributed by atoms with van der Waals surface area (Å²) in [4.78, 5) is 59.7. The number of aliphatic carboxylic acids is 2. The molecule has 0 saturated carbocycles. The van der Waals surface area contributed by atoms with Gasteiger partial charge in [0.1, 0.15) is 29.9 Å². The van der Waals surface area contributed by atoms with E-state index in [0.717, 1.165) is 28.0 Å². The number of carbonyl (C=O) groups is 4. The van der Waals surface area contributed by atoms with Crippen LogP contribution in [-0.4, -0.2) is 74.6 Å². The summed E-state index contributed by atoms with van der Waals surface area (Å²) < 4.78 is 0. The van der Waals surface area contributed by atoms with Crippen LogP contribution in [0.1, 0.15) is 26.5 Å². The zero-order chi connectivity index (χ0) is 28.1. The summed E-state index contributed by atoms with van der Waals surface area (Å²) in [7, 11) is 1.25. The van der Waals surface area contributed by atoms with E-state index in [2.05, 4.69) is 36.9 Å². The molecule has 3 rings (SSSR count). The van der Waals surface area contributed by atoms with Crippen molar-refractivity contribution in [2.45, 2.75) is 32.2 Å². The summed E-state index contributed by atoms with van der Waals surface area (Å²) in [6, 6.07) is -1.03. The minimum atomic E-state index is -1.37. The molecule has 2 atom stereocenters. The first-order valence-electron chi connectivity index (χ1n) is 10.3. The van der Waals surface area contributed by atoms with Crippen molar-refractivity contribution in [2.24, 2.45) is 15.7 Å². The Kier molecular flexibility index (Phi) is 11.1. The lowest BCUT2D eigenvalue weighted by Gasteiger charge is -2.49. The van der Waals surface area contributed by atoms with Gasteiger partial charge in [-0.25, -0.2) is 9.78 Å². The molecule has 2 amide bonds. The van der Waals surface area contributed by atoms with Gasteiger partial charge in [0.05, 0.1) is 12.0 Å². The number of oxime groups is 1. The topological polar surface area (TPSA) is 233 Å². The van der Waals surface area contributed by atoms with E-state index in [9.17, 15) is 24.3 Å². The van der Waals surface area contributed by atoms with Gasteiger partial charge >= 0.3 is 11.9 Å². The van der Waals surface area contributed by atoms with Crippen LogP contribution < -0.4 is 11.1 Å². The Morgan fingerprint density at radius 1 is 1.37 bits per heavy atom. The lowest BCUT2D eigenvalue weighted by atomic mass is 9.98. The van der Waals surface area contributed by atoms with Crippen molar-refractivity contribution in [3.8, 4) is 0 Å². The number of carboxylic acid groups (broad SMARTS) is 2. The van der Waals surface area contributed by atoms with E-state index in [1.165, 1.54) is 12.5 Å². The average molecular weight is 589 g/mol. The van der Waals surface area contributed by atoms with Crippen LogP contribution in [0.4, 0.5) is 5.13 Å². The first kappa shape index (κ1) is 32.2. The van der Waals surface area contributed by atoms with Crippen LogP contribution in [0, 0.1) is 5.41 Å². The highest BCUT2D eigenvalue weighted by Gasteiger charge is 2.55. The van der Waals surface area contributed by atoms with Gasteiger partial charge in [-0.1, -0.05) is 28.6 Å². The first-order valence-corrected chi connectivity index (χ1v) is 12.0. The summed E-state index contributed by atoms with van der Waals surface area (Å²) >= 11 is 2.18. The Morgan fingerprint density at radius 2 is 1.97 bits per heavy atom. The highest BCUT2D eigenvalue weighted by Crippen LogP contribution is 2.45. The number of thioether (sulfide) groups is 1. The van der Waals surface area contributed by atoms with Crippen molar-refractivity contribution in [2.75, 3.05) is 19.4 Å². The molecule has 2 aliphatic rings. The number of rotatable bonds is 7. The van der Waals surface area contributed by atoms with Gasteiger partial charge in [-0.3, -0.25) is 19.3 Å². The SMILES string of the molecule is C=C1S[C@@H]2[C@H](NC(=O)/C(=N\OC)c3csc(N)n3)C(=O)N2C(C(=O)O)=C1CN=[N+]=[N-].CC(C)(C)C(=O)O.Cl. The number of aromatic nitrogens is 1. The molecule has 0 unspecified atom stereocenters. The number of β-lactam (4-membered cyclic amide) rings is 1. The maximum atomic E-state index is 12.7. The number of carbonyl (C=O) groups excluding carboxylic acids is 2. The molecule has 15 nitrogen and oxygen atoms in total. The summed E-state index contributed by atoms with van der Waals surface area (Å²) in [5.74, 6) is -3.51. The van der Waals surface area contributed by atoms with Crippen molar-refractivity contribution >= 4 is 70.1 Å². The van der Waals surface area contributed by atoms with Gasteiger partial charge < -0.3 is 26.1 Å². The second kappa shape index (κ2) is 13.1. The van der Waals surface area contributed by atoms with Crippen LogP contribution in [0.2, 0.25) is 0 Å². The van der Waals surface area contributed by atoms with Gasteiger partial charge in [0.2, 0.25) is 0 Å². The number of hydrogen-bond acceptors (Lipinski definition) is 11. The molecule has 0 radical (unpaired) electrons. The molecule has 206 valence electrons. The zero-order valence-electron chi connectivity index (χ0n) is 20.6. The Morgan fingerprint density at radius 3 is 2.42 bits per heavy atom. The van der Waals surface area contributed by atoms with Crippen LogP contribution in [0.25, 0.3) is 10.4 Å². The number of nitrogen functional groups attached to an aromatic ring is 1. The van der Waals surface area contributed by atoms with Crippen molar-refractivity contribution in [3.63, 3.8) is 0 Å². The molecule has 0 aliphatic carbocycles. The predicted molar refractivity (Wildman–Crippen MR) is 142 cm³/mol. The fraction of sp³-hybridized carbons (Fsp3) is 0.400. The lowest BCUT2D eigenvalue weighted by molar-refractivity contribution is -0.150. The quantitative estimate of drug-likeness (QED) is 0.0904. The van der Waals surface area contributed by atoms with E-state index in [1.807, 2.05) is 0 Å². The number of hydrogen-bond donors (Lipinski definition) is 4. The Hall–Kier alpha value is -3.79. The Balaban J connectivity index is 0.000000797. The van der Waals surface area contributed by atoms with E-state index in [4.69, 9.17) is 16.4 Å². The second-order valence-corrected chi connectivity index (χ2v) is 10.5. The molecule has 1 aromatic heterocycles. The Bertz CT molecular complexity index is 1250. The molecule has 1 aromatic rings. The predicted octanol–water partition coefficient (Wildman–Crippen LogP) is 2.18. The number of fused-ring (bicyclic) bond motifs is 1. The summed E-state index contributed by atoms with van der Waals surface area (Å²) in [6.07, 6.45) is 0. The highest BCUT2D eigenvalue weighted by atomic mass is 35.5. The van der Waals surface area contributed by atoms with Crippen LogP contribution in [0.15, 0.2) is 38.4 Å². The molecule has 18 heteroatoms. The van der Waals surface area contributed by atoms with Crippen molar-refractivity contribution in [1.82, 2.24) is 15.2 Å². The third kappa shape index (κ3) is 7.16. The number of nitrogens with one attached hydrogen (secondary N) is 1. The van der Waals surface area contributed by atoms with Crippen LogP contribution >= 0.6 is 35.5 Å². The summed E-state index contributed by atoms with van der Waals surface area (Å²) in [5, 5.41) is 28.3. The van der Waals surface area contributed by atoms with Crippen LogP contribution in [0.5, 0.6) is 0 Å². The fourth-order valence-electron chi connectivity index (χ4n) is 2.85. The summed E-state index contributed by atoms with van der Waals surface area (Å²) in [5.41, 5.74) is 13.3. The molecule has 0 aromatic carbocycles. The number of azide groups is 1. The molecular weight excluding hydrogens is 564 g/mol. The molecule has 1 fully saturated rings. The molecule has 1 saturated heterocycles. The first-order chi connectivity index (χ1) is 17.2. The maximum absolute atomic E-state index is 12.7. The number of anilines is 1. The molecule has 38 heavy (non-hydrogen) atoms. The normalized spacial score (nSPS) is 18.5. The Labute approximate surface area is 230 Å². The van der Waals surface area contributed by atoms with Crippen molar-refractivity contribution in [3.05, 3.63) is 44.3 Å². The molecule has 5 N–H and O–H groups in total. The van der Waals surface area contributed by atoms with Gasteiger partial charge in [-0.15, -0.1) is 23.7 Å². The van der Waals surface area contributed by atoms with Crippen LogP contribution in [0.3, 0.4) is 0 Å². The summed E-state index contributed by atoms with van der Waals surface area (Å²) in [6.45, 7) is 8.51. The van der Waals surface area contributed by atoms with E-state index in [1.54, 1.807) is 20.8 Å².